The van der Waals surface area contributed by atoms with Crippen molar-refractivity contribution >= 4 is 28.9 Å². The fraction of sp³-hybridized carbons (Fsp3) is 0.222. The molecule has 0 amide bonds. The van der Waals surface area contributed by atoms with E-state index in [9.17, 15) is 0 Å². The summed E-state index contributed by atoms with van der Waals surface area (Å²) in [6, 6.07) is 18.0. The molecule has 0 unspecified atom stereocenters. The number of thiocarbonyl (C=S) groups is 1. The largest absolute Gasteiger partial charge is 0.352 e. The Balaban J connectivity index is 1.67. The third-order valence-corrected chi connectivity index (χ3v) is 7.23. The molecule has 172 valence electrons. The molecule has 0 bridgehead atoms. The second kappa shape index (κ2) is 9.20. The molecule has 1 fully saturated rings. The van der Waals surface area contributed by atoms with E-state index in [-0.39, 0.29) is 12.1 Å². The number of nitrogens with zero attached hydrogens (tertiary/aromatic N) is 4. The number of aromatic nitrogens is 3. The van der Waals surface area contributed by atoms with E-state index < -0.39 is 0 Å². The molecule has 3 aromatic heterocycles. The molecule has 1 aliphatic rings. The van der Waals surface area contributed by atoms with Crippen molar-refractivity contribution in [3.63, 3.8) is 0 Å². The number of rotatable bonds is 5. The zero-order chi connectivity index (χ0) is 23.8. The van der Waals surface area contributed by atoms with Crippen LogP contribution in [0.25, 0.3) is 5.69 Å². The zero-order valence-corrected chi connectivity index (χ0v) is 20.9. The molecule has 7 heteroatoms. The highest BCUT2D eigenvalue weighted by Gasteiger charge is 2.42. The molecule has 5 nitrogen and oxygen atoms in total. The summed E-state index contributed by atoms with van der Waals surface area (Å²) >= 11 is 12.2. The fourth-order valence-electron chi connectivity index (χ4n) is 5.02. The second-order valence-electron chi connectivity index (χ2n) is 8.64. The van der Waals surface area contributed by atoms with Gasteiger partial charge in [0.15, 0.2) is 5.11 Å². The molecular formula is C27H26ClN5S. The van der Waals surface area contributed by atoms with E-state index in [4.69, 9.17) is 23.8 Å². The van der Waals surface area contributed by atoms with Crippen molar-refractivity contribution in [2.45, 2.75) is 39.4 Å². The topological polar surface area (TPSA) is 46.0 Å². The molecule has 4 aromatic rings. The number of hydrogen-bond acceptors (Lipinski definition) is 3. The third kappa shape index (κ3) is 3.97. The van der Waals surface area contributed by atoms with E-state index >= 15 is 0 Å². The first-order valence-electron chi connectivity index (χ1n) is 11.3. The monoisotopic (exact) mass is 487 g/mol. The highest BCUT2D eigenvalue weighted by atomic mass is 35.5. The van der Waals surface area contributed by atoms with E-state index in [1.807, 2.05) is 48.8 Å². The average molecular weight is 488 g/mol. The molecule has 1 aliphatic heterocycles. The Bertz CT molecular complexity index is 1340. The number of pyridine rings is 2. The van der Waals surface area contributed by atoms with Crippen LogP contribution >= 0.6 is 23.8 Å². The maximum Gasteiger partial charge on any atom is 0.170 e. The first kappa shape index (κ1) is 22.6. The number of benzene rings is 1. The van der Waals surface area contributed by atoms with Crippen molar-refractivity contribution in [2.24, 2.45) is 0 Å². The normalized spacial score (nSPS) is 17.8. The van der Waals surface area contributed by atoms with Gasteiger partial charge in [-0.1, -0.05) is 29.8 Å². The van der Waals surface area contributed by atoms with Crippen molar-refractivity contribution in [3.05, 3.63) is 112 Å². The van der Waals surface area contributed by atoms with E-state index in [1.165, 1.54) is 22.5 Å². The summed E-state index contributed by atoms with van der Waals surface area (Å²) in [4.78, 5) is 11.3. The van der Waals surface area contributed by atoms with Gasteiger partial charge in [-0.3, -0.25) is 9.97 Å². The summed E-state index contributed by atoms with van der Waals surface area (Å²) in [6.07, 6.45) is 5.53. The van der Waals surface area contributed by atoms with Gasteiger partial charge in [0.1, 0.15) is 0 Å². The summed E-state index contributed by atoms with van der Waals surface area (Å²) < 4.78 is 2.29. The van der Waals surface area contributed by atoms with Crippen LogP contribution < -0.4 is 5.32 Å². The van der Waals surface area contributed by atoms with E-state index in [0.29, 0.717) is 6.54 Å². The smallest absolute Gasteiger partial charge is 0.170 e. The predicted octanol–water partition coefficient (Wildman–Crippen LogP) is 6.02. The summed E-state index contributed by atoms with van der Waals surface area (Å²) in [7, 11) is 0. The Morgan fingerprint density at radius 1 is 1.00 bits per heavy atom. The van der Waals surface area contributed by atoms with Crippen LogP contribution in [0, 0.1) is 20.8 Å². The Hall–Kier alpha value is -3.22. The molecule has 5 rings (SSSR count). The van der Waals surface area contributed by atoms with Gasteiger partial charge >= 0.3 is 0 Å². The van der Waals surface area contributed by atoms with Gasteiger partial charge in [0.2, 0.25) is 0 Å². The quantitative estimate of drug-likeness (QED) is 0.349. The number of halogens is 1. The molecule has 0 radical (unpaired) electrons. The van der Waals surface area contributed by atoms with Gasteiger partial charge in [0, 0.05) is 52.8 Å². The Morgan fingerprint density at radius 2 is 1.85 bits per heavy atom. The summed E-state index contributed by atoms with van der Waals surface area (Å²) in [5.74, 6) is 0. The van der Waals surface area contributed by atoms with Crippen molar-refractivity contribution in [1.29, 1.82) is 0 Å². The van der Waals surface area contributed by atoms with Crippen LogP contribution in [-0.4, -0.2) is 24.5 Å². The van der Waals surface area contributed by atoms with Crippen molar-refractivity contribution < 1.29 is 0 Å². The first-order chi connectivity index (χ1) is 16.5. The van der Waals surface area contributed by atoms with Crippen LogP contribution in [0.3, 0.4) is 0 Å². The minimum absolute atomic E-state index is 0.0262. The maximum absolute atomic E-state index is 6.35. The molecule has 0 spiro atoms. The second-order valence-corrected chi connectivity index (χ2v) is 9.46. The molecule has 34 heavy (non-hydrogen) atoms. The van der Waals surface area contributed by atoms with E-state index in [1.54, 1.807) is 6.20 Å². The molecule has 4 heterocycles. The minimum atomic E-state index is -0.0719. The SMILES string of the molecule is Cc1c([C@H]2[C@@H](c3ccccn3)NC(=S)N2Cc2cccnc2)c(C)n(-c2cccc(Cl)c2)c1C. The molecule has 0 aliphatic carbocycles. The maximum atomic E-state index is 6.35. The van der Waals surface area contributed by atoms with Gasteiger partial charge in [-0.25, -0.2) is 0 Å². The molecule has 0 saturated carbocycles. The summed E-state index contributed by atoms with van der Waals surface area (Å²) in [5.41, 5.74) is 7.99. The highest BCUT2D eigenvalue weighted by molar-refractivity contribution is 7.80. The molecule has 1 saturated heterocycles. The van der Waals surface area contributed by atoms with Crippen molar-refractivity contribution in [2.75, 3.05) is 0 Å². The molecular weight excluding hydrogens is 462 g/mol. The summed E-state index contributed by atoms with van der Waals surface area (Å²) in [5, 5.41) is 5.00. The van der Waals surface area contributed by atoms with Gasteiger partial charge in [-0.15, -0.1) is 0 Å². The average Bonchev–Trinajstić information content (AvgIpc) is 3.27. The van der Waals surface area contributed by atoms with Crippen LogP contribution in [0.4, 0.5) is 0 Å². The van der Waals surface area contributed by atoms with Gasteiger partial charge < -0.3 is 14.8 Å². The van der Waals surface area contributed by atoms with Gasteiger partial charge in [-0.05, 0) is 80.5 Å². The molecule has 2 atom stereocenters. The Labute approximate surface area is 210 Å². The van der Waals surface area contributed by atoms with Gasteiger partial charge in [-0.2, -0.15) is 0 Å². The van der Waals surface area contributed by atoms with Gasteiger partial charge in [0.25, 0.3) is 0 Å². The molecule has 1 N–H and O–H groups in total. The highest BCUT2D eigenvalue weighted by Crippen LogP contribution is 2.44. The Morgan fingerprint density at radius 3 is 2.56 bits per heavy atom. The van der Waals surface area contributed by atoms with E-state index in [0.717, 1.165) is 27.1 Å². The fourth-order valence-corrected chi connectivity index (χ4v) is 5.51. The van der Waals surface area contributed by atoms with Crippen LogP contribution in [0.1, 0.15) is 45.9 Å². The lowest BCUT2D eigenvalue weighted by Crippen LogP contribution is -2.29. The number of nitrogens with one attached hydrogen (secondary N) is 1. The predicted molar refractivity (Wildman–Crippen MR) is 140 cm³/mol. The van der Waals surface area contributed by atoms with Crippen LogP contribution in [-0.2, 0) is 6.54 Å². The lowest BCUT2D eigenvalue weighted by atomic mass is 9.93. The third-order valence-electron chi connectivity index (χ3n) is 6.64. The Kier molecular flexibility index (Phi) is 6.11. The standard InChI is InChI=1S/C27H26ClN5S/c1-17-18(2)33(22-10-6-9-21(28)14-22)19(3)24(17)26-25(23-11-4-5-13-30-23)31-27(34)32(26)16-20-8-7-12-29-15-20/h4-15,25-26H,16H2,1-3H3,(H,31,34)/t25-,26+/m1/s1. The van der Waals surface area contributed by atoms with E-state index in [2.05, 4.69) is 63.7 Å². The van der Waals surface area contributed by atoms with Crippen molar-refractivity contribution in [1.82, 2.24) is 24.8 Å². The van der Waals surface area contributed by atoms with Crippen LogP contribution in [0.15, 0.2) is 73.2 Å². The molecule has 1 aromatic carbocycles. The van der Waals surface area contributed by atoms with Gasteiger partial charge in [0.05, 0.1) is 17.8 Å². The number of hydrogen-bond donors (Lipinski definition) is 1. The summed E-state index contributed by atoms with van der Waals surface area (Å²) in [6.45, 7) is 7.19. The first-order valence-corrected chi connectivity index (χ1v) is 12.1. The minimum Gasteiger partial charge on any atom is -0.352 e. The lowest BCUT2D eigenvalue weighted by Gasteiger charge is -2.29. The lowest BCUT2D eigenvalue weighted by molar-refractivity contribution is 0.309. The van der Waals surface area contributed by atoms with Crippen LogP contribution in [0.5, 0.6) is 0 Å². The van der Waals surface area contributed by atoms with Crippen molar-refractivity contribution in [3.8, 4) is 5.69 Å². The van der Waals surface area contributed by atoms with Crippen LogP contribution in [0.2, 0.25) is 5.02 Å². The zero-order valence-electron chi connectivity index (χ0n) is 19.4.